The molecule has 0 aliphatic rings. The third-order valence-electron chi connectivity index (χ3n) is 2.86. The Morgan fingerprint density at radius 2 is 1.70 bits per heavy atom. The van der Waals surface area contributed by atoms with Crippen molar-refractivity contribution in [2.45, 2.75) is 33.2 Å². The molecule has 0 fully saturated rings. The zero-order valence-corrected chi connectivity index (χ0v) is 11.8. The number of nitrogens with one attached hydrogen (secondary N) is 1. The fraction of sp³-hybridized carbons (Fsp3) is 0.400. The molecule has 0 heterocycles. The number of amides is 1. The van der Waals surface area contributed by atoms with Crippen molar-refractivity contribution in [2.75, 3.05) is 0 Å². The Kier molecular flexibility index (Phi) is 5.43. The van der Waals surface area contributed by atoms with Crippen LogP contribution in [0.4, 0.5) is 0 Å². The number of rotatable bonds is 6. The summed E-state index contributed by atoms with van der Waals surface area (Å²) in [6, 6.07) is 5.41. The molecule has 2 N–H and O–H groups in total. The minimum atomic E-state index is -1.08. The van der Waals surface area contributed by atoms with Crippen molar-refractivity contribution in [3.8, 4) is 0 Å². The van der Waals surface area contributed by atoms with Gasteiger partial charge in [-0.25, -0.2) is 4.79 Å². The van der Waals surface area contributed by atoms with Crippen LogP contribution in [-0.2, 0) is 4.79 Å². The molecule has 1 aromatic rings. The standard InChI is InChI=1S/C15H19NO4/c1-9(2)8-13(15(19)20)16-14(18)12-7-5-4-6-11(12)10(3)17/h4-7,9,13H,8H2,1-3H3,(H,16,18)(H,19,20)/t13-/m1/s1. The second-order valence-corrected chi connectivity index (χ2v) is 5.10. The molecule has 108 valence electrons. The van der Waals surface area contributed by atoms with Crippen LogP contribution < -0.4 is 5.32 Å². The molecule has 0 unspecified atom stereocenters. The van der Waals surface area contributed by atoms with Gasteiger partial charge in [-0.2, -0.15) is 0 Å². The predicted octanol–water partition coefficient (Wildman–Crippen LogP) is 2.12. The Morgan fingerprint density at radius 1 is 1.15 bits per heavy atom. The van der Waals surface area contributed by atoms with Crippen LogP contribution in [0.5, 0.6) is 0 Å². The van der Waals surface area contributed by atoms with Crippen LogP contribution in [0.25, 0.3) is 0 Å². The maximum Gasteiger partial charge on any atom is 0.326 e. The van der Waals surface area contributed by atoms with Gasteiger partial charge in [-0.3, -0.25) is 9.59 Å². The highest BCUT2D eigenvalue weighted by Crippen LogP contribution is 2.11. The van der Waals surface area contributed by atoms with Crippen molar-refractivity contribution in [3.63, 3.8) is 0 Å². The van der Waals surface area contributed by atoms with E-state index >= 15 is 0 Å². The first-order valence-corrected chi connectivity index (χ1v) is 6.46. The smallest absolute Gasteiger partial charge is 0.326 e. The maximum atomic E-state index is 12.1. The molecule has 5 heteroatoms. The maximum absolute atomic E-state index is 12.1. The topological polar surface area (TPSA) is 83.5 Å². The Hall–Kier alpha value is -2.17. The van der Waals surface area contributed by atoms with E-state index in [1.165, 1.54) is 13.0 Å². The Balaban J connectivity index is 2.95. The van der Waals surface area contributed by atoms with E-state index in [9.17, 15) is 14.4 Å². The molecule has 0 spiro atoms. The number of aliphatic carboxylic acids is 1. The first-order valence-electron chi connectivity index (χ1n) is 6.46. The lowest BCUT2D eigenvalue weighted by molar-refractivity contribution is -0.139. The summed E-state index contributed by atoms with van der Waals surface area (Å²) in [5.74, 6) is -1.71. The fourth-order valence-electron chi connectivity index (χ4n) is 1.92. The van der Waals surface area contributed by atoms with Crippen LogP contribution in [-0.4, -0.2) is 28.8 Å². The summed E-state index contributed by atoms with van der Waals surface area (Å²) in [4.78, 5) is 34.8. The number of carboxylic acids is 1. The van der Waals surface area contributed by atoms with Crippen molar-refractivity contribution in [2.24, 2.45) is 5.92 Å². The third-order valence-corrected chi connectivity index (χ3v) is 2.86. The van der Waals surface area contributed by atoms with E-state index < -0.39 is 17.9 Å². The summed E-state index contributed by atoms with van der Waals surface area (Å²) in [5, 5.41) is 11.6. The highest BCUT2D eigenvalue weighted by molar-refractivity contribution is 6.07. The lowest BCUT2D eigenvalue weighted by Gasteiger charge is -2.17. The zero-order valence-electron chi connectivity index (χ0n) is 11.8. The molecule has 0 bridgehead atoms. The molecule has 0 aliphatic carbocycles. The number of carbonyl (C=O) groups excluding carboxylic acids is 2. The molecule has 0 saturated carbocycles. The number of Topliss-reactive ketones (excluding diaryl/α,β-unsaturated/α-hetero) is 1. The minimum absolute atomic E-state index is 0.138. The average Bonchev–Trinajstić information content (AvgIpc) is 2.37. The largest absolute Gasteiger partial charge is 0.480 e. The fourth-order valence-corrected chi connectivity index (χ4v) is 1.92. The number of carboxylic acid groups (broad SMARTS) is 1. The van der Waals surface area contributed by atoms with Gasteiger partial charge in [0.2, 0.25) is 0 Å². The Labute approximate surface area is 118 Å². The lowest BCUT2D eigenvalue weighted by atomic mass is 10.0. The lowest BCUT2D eigenvalue weighted by Crippen LogP contribution is -2.42. The number of hydrogen-bond donors (Lipinski definition) is 2. The van der Waals surface area contributed by atoms with Gasteiger partial charge in [0.25, 0.3) is 5.91 Å². The number of hydrogen-bond acceptors (Lipinski definition) is 3. The summed E-state index contributed by atoms with van der Waals surface area (Å²) in [6.45, 7) is 5.13. The molecular weight excluding hydrogens is 258 g/mol. The molecular formula is C15H19NO4. The van der Waals surface area contributed by atoms with Gasteiger partial charge in [0.05, 0.1) is 5.56 Å². The molecule has 1 atom stereocenters. The van der Waals surface area contributed by atoms with E-state index in [-0.39, 0.29) is 17.3 Å². The van der Waals surface area contributed by atoms with Crippen molar-refractivity contribution in [1.29, 1.82) is 0 Å². The molecule has 0 aromatic heterocycles. The number of carbonyl (C=O) groups is 3. The van der Waals surface area contributed by atoms with E-state index in [4.69, 9.17) is 5.11 Å². The van der Waals surface area contributed by atoms with Gasteiger partial charge in [0.15, 0.2) is 5.78 Å². The summed E-state index contributed by atoms with van der Waals surface area (Å²) < 4.78 is 0. The van der Waals surface area contributed by atoms with Gasteiger partial charge < -0.3 is 10.4 Å². The van der Waals surface area contributed by atoms with Crippen LogP contribution in [0.3, 0.4) is 0 Å². The quantitative estimate of drug-likeness (QED) is 0.780. The van der Waals surface area contributed by atoms with Crippen molar-refractivity contribution in [1.82, 2.24) is 5.32 Å². The van der Waals surface area contributed by atoms with E-state index in [2.05, 4.69) is 5.32 Å². The highest BCUT2D eigenvalue weighted by Gasteiger charge is 2.23. The molecule has 0 radical (unpaired) electrons. The minimum Gasteiger partial charge on any atom is -0.480 e. The van der Waals surface area contributed by atoms with Crippen LogP contribution >= 0.6 is 0 Å². The summed E-state index contributed by atoms with van der Waals surface area (Å²) in [6.07, 6.45) is 0.337. The van der Waals surface area contributed by atoms with Gasteiger partial charge in [-0.15, -0.1) is 0 Å². The monoisotopic (exact) mass is 277 g/mol. The summed E-state index contributed by atoms with van der Waals surface area (Å²) >= 11 is 0. The van der Waals surface area contributed by atoms with E-state index in [0.29, 0.717) is 12.0 Å². The van der Waals surface area contributed by atoms with Crippen LogP contribution in [0.2, 0.25) is 0 Å². The van der Waals surface area contributed by atoms with Gasteiger partial charge >= 0.3 is 5.97 Å². The van der Waals surface area contributed by atoms with Crippen molar-refractivity contribution >= 4 is 17.7 Å². The SMILES string of the molecule is CC(=O)c1ccccc1C(=O)N[C@H](CC(C)C)C(=O)O. The second-order valence-electron chi connectivity index (χ2n) is 5.10. The van der Waals surface area contributed by atoms with E-state index in [0.717, 1.165) is 0 Å². The second kappa shape index (κ2) is 6.84. The van der Waals surface area contributed by atoms with Crippen molar-refractivity contribution < 1.29 is 19.5 Å². The first kappa shape index (κ1) is 15.9. The number of benzene rings is 1. The molecule has 0 saturated heterocycles. The molecule has 5 nitrogen and oxygen atoms in total. The molecule has 0 aliphatic heterocycles. The predicted molar refractivity (Wildman–Crippen MR) is 74.8 cm³/mol. The molecule has 1 amide bonds. The van der Waals surface area contributed by atoms with Gasteiger partial charge in [-0.05, 0) is 25.3 Å². The van der Waals surface area contributed by atoms with Gasteiger partial charge in [-0.1, -0.05) is 32.0 Å². The average molecular weight is 277 g/mol. The molecule has 1 rings (SSSR count). The van der Waals surface area contributed by atoms with E-state index in [1.54, 1.807) is 18.2 Å². The molecule has 20 heavy (non-hydrogen) atoms. The van der Waals surface area contributed by atoms with Crippen LogP contribution in [0.1, 0.15) is 47.9 Å². The van der Waals surface area contributed by atoms with Crippen LogP contribution in [0, 0.1) is 5.92 Å². The van der Waals surface area contributed by atoms with Crippen LogP contribution in [0.15, 0.2) is 24.3 Å². The number of ketones is 1. The van der Waals surface area contributed by atoms with Gasteiger partial charge in [0.1, 0.15) is 6.04 Å². The zero-order chi connectivity index (χ0) is 15.3. The normalized spacial score (nSPS) is 12.0. The van der Waals surface area contributed by atoms with Gasteiger partial charge in [0, 0.05) is 5.56 Å². The summed E-state index contributed by atoms with van der Waals surface area (Å²) in [7, 11) is 0. The first-order chi connectivity index (χ1) is 9.32. The third kappa shape index (κ3) is 4.19. The summed E-state index contributed by atoms with van der Waals surface area (Å²) in [5.41, 5.74) is 0.494. The Morgan fingerprint density at radius 3 is 2.15 bits per heavy atom. The van der Waals surface area contributed by atoms with E-state index in [1.807, 2.05) is 13.8 Å². The highest BCUT2D eigenvalue weighted by atomic mass is 16.4. The Bertz CT molecular complexity index is 522. The molecule has 1 aromatic carbocycles. The van der Waals surface area contributed by atoms with Crippen molar-refractivity contribution in [3.05, 3.63) is 35.4 Å².